The first-order valence-electron chi connectivity index (χ1n) is 7.75. The van der Waals surface area contributed by atoms with Crippen LogP contribution in [0.1, 0.15) is 15.9 Å². The highest BCUT2D eigenvalue weighted by molar-refractivity contribution is 6.42. The van der Waals surface area contributed by atoms with Crippen LogP contribution < -0.4 is 10.1 Å². The first kappa shape index (κ1) is 18.6. The van der Waals surface area contributed by atoms with Crippen molar-refractivity contribution >= 4 is 46.4 Å². The molecule has 0 unspecified atom stereocenters. The summed E-state index contributed by atoms with van der Waals surface area (Å²) >= 11 is 17.7. The van der Waals surface area contributed by atoms with E-state index in [1.807, 2.05) is 12.1 Å². The lowest BCUT2D eigenvalue weighted by Crippen LogP contribution is -2.11. The third-order valence-corrected chi connectivity index (χ3v) is 4.60. The number of amides is 1. The number of halogens is 3. The van der Waals surface area contributed by atoms with E-state index >= 15 is 0 Å². The minimum absolute atomic E-state index is 0.228. The Kier molecular flexibility index (Phi) is 6.04. The molecule has 0 spiro atoms. The Bertz CT molecular complexity index is 909. The molecule has 0 bridgehead atoms. The molecule has 0 atom stereocenters. The van der Waals surface area contributed by atoms with Gasteiger partial charge >= 0.3 is 0 Å². The van der Waals surface area contributed by atoms with E-state index < -0.39 is 0 Å². The van der Waals surface area contributed by atoms with Gasteiger partial charge in [0.05, 0.1) is 10.0 Å². The zero-order valence-corrected chi connectivity index (χ0v) is 15.8. The molecule has 1 N–H and O–H groups in total. The van der Waals surface area contributed by atoms with Crippen LogP contribution in [0, 0.1) is 0 Å². The van der Waals surface area contributed by atoms with Crippen molar-refractivity contribution < 1.29 is 9.53 Å². The van der Waals surface area contributed by atoms with Crippen molar-refractivity contribution in [2.45, 2.75) is 6.61 Å². The van der Waals surface area contributed by atoms with Crippen molar-refractivity contribution in [3.05, 3.63) is 92.9 Å². The van der Waals surface area contributed by atoms with E-state index in [0.717, 1.165) is 11.3 Å². The van der Waals surface area contributed by atoms with Gasteiger partial charge in [-0.1, -0.05) is 46.9 Å². The fourth-order valence-electron chi connectivity index (χ4n) is 2.23. The van der Waals surface area contributed by atoms with Crippen molar-refractivity contribution in [3.63, 3.8) is 0 Å². The summed E-state index contributed by atoms with van der Waals surface area (Å²) < 4.78 is 5.68. The third-order valence-electron chi connectivity index (χ3n) is 3.61. The highest BCUT2D eigenvalue weighted by atomic mass is 35.5. The Labute approximate surface area is 166 Å². The molecule has 0 aliphatic rings. The van der Waals surface area contributed by atoms with E-state index in [9.17, 15) is 4.79 Å². The lowest BCUT2D eigenvalue weighted by molar-refractivity contribution is 0.102. The number of nitrogens with one attached hydrogen (secondary N) is 1. The van der Waals surface area contributed by atoms with Gasteiger partial charge in [-0.15, -0.1) is 0 Å². The molecule has 3 nitrogen and oxygen atoms in total. The molecule has 0 saturated heterocycles. The van der Waals surface area contributed by atoms with Crippen LogP contribution in [0.2, 0.25) is 15.1 Å². The highest BCUT2D eigenvalue weighted by Gasteiger charge is 2.08. The summed E-state index contributed by atoms with van der Waals surface area (Å²) in [6.07, 6.45) is 0. The van der Waals surface area contributed by atoms with Crippen molar-refractivity contribution in [1.29, 1.82) is 0 Å². The normalized spacial score (nSPS) is 10.4. The van der Waals surface area contributed by atoms with Crippen LogP contribution in [-0.2, 0) is 6.61 Å². The molecule has 3 aromatic rings. The minimum Gasteiger partial charge on any atom is -0.489 e. The zero-order chi connectivity index (χ0) is 18.5. The van der Waals surface area contributed by atoms with Crippen LogP contribution in [0.15, 0.2) is 66.7 Å². The maximum Gasteiger partial charge on any atom is 0.255 e. The summed E-state index contributed by atoms with van der Waals surface area (Å²) in [5.74, 6) is 0.504. The molecule has 0 heterocycles. The number of hydrogen-bond acceptors (Lipinski definition) is 2. The molecule has 132 valence electrons. The number of carbonyl (C=O) groups excluding carboxylic acids is 1. The van der Waals surface area contributed by atoms with Crippen molar-refractivity contribution in [2.75, 3.05) is 5.32 Å². The van der Waals surface area contributed by atoms with Crippen LogP contribution in [0.3, 0.4) is 0 Å². The maximum atomic E-state index is 12.3. The van der Waals surface area contributed by atoms with E-state index in [1.165, 1.54) is 0 Å². The van der Waals surface area contributed by atoms with Crippen molar-refractivity contribution in [2.24, 2.45) is 0 Å². The predicted octanol–water partition coefficient (Wildman–Crippen LogP) is 6.48. The van der Waals surface area contributed by atoms with Gasteiger partial charge in [0.15, 0.2) is 0 Å². The quantitative estimate of drug-likeness (QED) is 0.526. The second-order valence-corrected chi connectivity index (χ2v) is 6.77. The monoisotopic (exact) mass is 405 g/mol. The van der Waals surface area contributed by atoms with Gasteiger partial charge < -0.3 is 10.1 Å². The molecule has 0 radical (unpaired) electrons. The standard InChI is InChI=1S/C20H14Cl3NO2/c21-15-5-8-17(9-6-15)26-12-13-1-3-14(4-2-13)20(25)24-16-7-10-18(22)19(23)11-16/h1-11H,12H2,(H,24,25). The molecule has 0 aromatic heterocycles. The van der Waals surface area contributed by atoms with Crippen molar-refractivity contribution in [3.8, 4) is 5.75 Å². The lowest BCUT2D eigenvalue weighted by Gasteiger charge is -2.08. The minimum atomic E-state index is -0.228. The third kappa shape index (κ3) is 4.92. The van der Waals surface area contributed by atoms with Gasteiger partial charge in [0.25, 0.3) is 5.91 Å². The Morgan fingerprint density at radius 3 is 2.19 bits per heavy atom. The topological polar surface area (TPSA) is 38.3 Å². The van der Waals surface area contributed by atoms with Gasteiger partial charge in [-0.05, 0) is 60.2 Å². The van der Waals surface area contributed by atoms with Gasteiger partial charge in [-0.25, -0.2) is 0 Å². The molecule has 3 rings (SSSR count). The SMILES string of the molecule is O=C(Nc1ccc(Cl)c(Cl)c1)c1ccc(COc2ccc(Cl)cc2)cc1. The van der Waals surface area contributed by atoms with Crippen LogP contribution in [0.4, 0.5) is 5.69 Å². The van der Waals surface area contributed by atoms with Crippen LogP contribution in [-0.4, -0.2) is 5.91 Å². The summed E-state index contributed by atoms with van der Waals surface area (Å²) in [7, 11) is 0. The van der Waals surface area contributed by atoms with Crippen LogP contribution in [0.25, 0.3) is 0 Å². The predicted molar refractivity (Wildman–Crippen MR) is 107 cm³/mol. The number of hydrogen-bond donors (Lipinski definition) is 1. The molecular formula is C20H14Cl3NO2. The van der Waals surface area contributed by atoms with Crippen LogP contribution in [0.5, 0.6) is 5.75 Å². The average molecular weight is 407 g/mol. The number of anilines is 1. The Morgan fingerprint density at radius 1 is 0.846 bits per heavy atom. The van der Waals surface area contributed by atoms with Gasteiger partial charge in [0, 0.05) is 16.3 Å². The smallest absolute Gasteiger partial charge is 0.255 e. The van der Waals surface area contributed by atoms with Gasteiger partial charge in [0.2, 0.25) is 0 Å². The molecule has 0 saturated carbocycles. The Balaban J connectivity index is 1.60. The largest absolute Gasteiger partial charge is 0.489 e. The second-order valence-electron chi connectivity index (χ2n) is 5.52. The molecule has 0 aliphatic heterocycles. The molecule has 0 fully saturated rings. The average Bonchev–Trinajstić information content (AvgIpc) is 2.65. The molecular weight excluding hydrogens is 393 g/mol. The Hall–Kier alpha value is -2.20. The summed E-state index contributed by atoms with van der Waals surface area (Å²) in [6, 6.07) is 19.3. The zero-order valence-electron chi connectivity index (χ0n) is 13.5. The number of rotatable bonds is 5. The van der Waals surface area contributed by atoms with Crippen LogP contribution >= 0.6 is 34.8 Å². The molecule has 6 heteroatoms. The Morgan fingerprint density at radius 2 is 1.54 bits per heavy atom. The molecule has 0 aliphatic carbocycles. The molecule has 26 heavy (non-hydrogen) atoms. The second kappa shape index (κ2) is 8.45. The van der Waals surface area contributed by atoms with Crippen molar-refractivity contribution in [1.82, 2.24) is 0 Å². The maximum absolute atomic E-state index is 12.3. The highest BCUT2D eigenvalue weighted by Crippen LogP contribution is 2.25. The number of ether oxygens (including phenoxy) is 1. The number of benzene rings is 3. The molecule has 1 amide bonds. The van der Waals surface area contributed by atoms with E-state index in [2.05, 4.69) is 5.32 Å². The van der Waals surface area contributed by atoms with E-state index in [-0.39, 0.29) is 5.91 Å². The first-order chi connectivity index (χ1) is 12.5. The van der Waals surface area contributed by atoms with Gasteiger partial charge in [-0.2, -0.15) is 0 Å². The summed E-state index contributed by atoms with van der Waals surface area (Å²) in [6.45, 7) is 0.399. The van der Waals surface area contributed by atoms with Gasteiger partial charge in [0.1, 0.15) is 12.4 Å². The van der Waals surface area contributed by atoms with Gasteiger partial charge in [-0.3, -0.25) is 4.79 Å². The lowest BCUT2D eigenvalue weighted by atomic mass is 10.1. The van der Waals surface area contributed by atoms with E-state index in [1.54, 1.807) is 54.6 Å². The fourth-order valence-corrected chi connectivity index (χ4v) is 2.65. The van der Waals surface area contributed by atoms with E-state index in [0.29, 0.717) is 32.9 Å². The summed E-state index contributed by atoms with van der Waals surface area (Å²) in [5.41, 5.74) is 2.07. The number of carbonyl (C=O) groups is 1. The molecule has 3 aromatic carbocycles. The van der Waals surface area contributed by atoms with E-state index in [4.69, 9.17) is 39.5 Å². The first-order valence-corrected chi connectivity index (χ1v) is 8.88. The summed E-state index contributed by atoms with van der Waals surface area (Å²) in [5, 5.41) is 4.27. The fraction of sp³-hybridized carbons (Fsp3) is 0.0500. The summed E-state index contributed by atoms with van der Waals surface area (Å²) in [4.78, 5) is 12.3.